The Kier molecular flexibility index (Phi) is 4.89. The summed E-state index contributed by atoms with van der Waals surface area (Å²) in [5.41, 5.74) is 2.50. The highest BCUT2D eigenvalue weighted by Gasteiger charge is 2.08. The average Bonchev–Trinajstić information content (AvgIpc) is 2.37. The Balaban J connectivity index is 2.24. The second-order valence-electron chi connectivity index (χ2n) is 4.35. The predicted octanol–water partition coefficient (Wildman–Crippen LogP) is 5.56. The molecule has 0 N–H and O–H groups in total. The lowest BCUT2D eigenvalue weighted by Crippen LogP contribution is -1.96. The van der Waals surface area contributed by atoms with Crippen LogP contribution in [0.2, 0.25) is 0 Å². The van der Waals surface area contributed by atoms with Gasteiger partial charge in [0.2, 0.25) is 0 Å². The van der Waals surface area contributed by atoms with E-state index in [9.17, 15) is 9.18 Å². The van der Waals surface area contributed by atoms with E-state index in [0.29, 0.717) is 10.0 Å². The van der Waals surface area contributed by atoms with Gasteiger partial charge in [0.25, 0.3) is 0 Å². The molecule has 2 aromatic rings. The number of carbonyl (C=O) groups is 1. The van der Waals surface area contributed by atoms with Crippen molar-refractivity contribution >= 4 is 43.7 Å². The molecule has 0 spiro atoms. The number of carbonyl (C=O) groups excluding carboxylic acids is 1. The molecule has 0 saturated heterocycles. The molecule has 4 heteroatoms. The van der Waals surface area contributed by atoms with Gasteiger partial charge in [-0.1, -0.05) is 28.1 Å². The van der Waals surface area contributed by atoms with E-state index in [1.807, 2.05) is 25.1 Å². The molecule has 0 aliphatic carbocycles. The number of hydrogen-bond donors (Lipinski definition) is 0. The topological polar surface area (TPSA) is 17.1 Å². The molecule has 2 rings (SSSR count). The summed E-state index contributed by atoms with van der Waals surface area (Å²) < 4.78 is 14.4. The highest BCUT2D eigenvalue weighted by Crippen LogP contribution is 2.22. The summed E-state index contributed by atoms with van der Waals surface area (Å²) in [5.74, 6) is -0.553. The van der Waals surface area contributed by atoms with Gasteiger partial charge in [0.15, 0.2) is 5.78 Å². The Bertz CT molecular complexity index is 693. The van der Waals surface area contributed by atoms with Crippen molar-refractivity contribution in [3.8, 4) is 0 Å². The summed E-state index contributed by atoms with van der Waals surface area (Å²) >= 11 is 6.65. The van der Waals surface area contributed by atoms with Crippen molar-refractivity contribution in [3.05, 3.63) is 73.9 Å². The Morgan fingerprint density at radius 3 is 2.50 bits per heavy atom. The smallest absolute Gasteiger partial charge is 0.186 e. The SMILES string of the molecule is Cc1ccc(/C=C/C(=O)c2ccc(F)cc2Br)c(Br)c1. The summed E-state index contributed by atoms with van der Waals surface area (Å²) in [6.07, 6.45) is 3.22. The Hall–Kier alpha value is -1.26. The van der Waals surface area contributed by atoms with Crippen molar-refractivity contribution in [2.24, 2.45) is 0 Å². The molecule has 20 heavy (non-hydrogen) atoms. The lowest BCUT2D eigenvalue weighted by atomic mass is 10.1. The van der Waals surface area contributed by atoms with Crippen LogP contribution in [0.15, 0.2) is 51.4 Å². The molecule has 0 saturated carbocycles. The van der Waals surface area contributed by atoms with Gasteiger partial charge in [0, 0.05) is 14.5 Å². The Morgan fingerprint density at radius 2 is 1.85 bits per heavy atom. The van der Waals surface area contributed by atoms with Crippen molar-refractivity contribution in [3.63, 3.8) is 0 Å². The van der Waals surface area contributed by atoms with Crippen LogP contribution in [0, 0.1) is 12.7 Å². The third kappa shape index (κ3) is 3.64. The zero-order valence-corrected chi connectivity index (χ0v) is 13.8. The molecule has 0 aromatic heterocycles. The zero-order valence-electron chi connectivity index (χ0n) is 10.7. The first-order chi connectivity index (χ1) is 9.47. The first-order valence-corrected chi connectivity index (χ1v) is 7.49. The van der Waals surface area contributed by atoms with E-state index in [1.54, 1.807) is 6.08 Å². The van der Waals surface area contributed by atoms with Crippen LogP contribution in [0.25, 0.3) is 6.08 Å². The second-order valence-corrected chi connectivity index (χ2v) is 6.06. The van der Waals surface area contributed by atoms with Gasteiger partial charge >= 0.3 is 0 Å². The van der Waals surface area contributed by atoms with E-state index in [1.165, 1.54) is 24.3 Å². The molecule has 0 unspecified atom stereocenters. The average molecular weight is 398 g/mol. The Labute approximate surface area is 133 Å². The van der Waals surface area contributed by atoms with Crippen LogP contribution in [0.1, 0.15) is 21.5 Å². The maximum atomic E-state index is 13.0. The first-order valence-electron chi connectivity index (χ1n) is 5.91. The van der Waals surface area contributed by atoms with Crippen LogP contribution in [-0.2, 0) is 0 Å². The zero-order chi connectivity index (χ0) is 14.7. The maximum absolute atomic E-state index is 13.0. The van der Waals surface area contributed by atoms with Gasteiger partial charge in [-0.05, 0) is 70.4 Å². The molecule has 0 heterocycles. The van der Waals surface area contributed by atoms with Crippen molar-refractivity contribution in [2.75, 3.05) is 0 Å². The number of halogens is 3. The fourth-order valence-electron chi connectivity index (χ4n) is 1.71. The van der Waals surface area contributed by atoms with Gasteiger partial charge in [-0.2, -0.15) is 0 Å². The summed E-state index contributed by atoms with van der Waals surface area (Å²) in [7, 11) is 0. The van der Waals surface area contributed by atoms with E-state index in [4.69, 9.17) is 0 Å². The monoisotopic (exact) mass is 396 g/mol. The predicted molar refractivity (Wildman–Crippen MR) is 86.3 cm³/mol. The number of benzene rings is 2. The highest BCUT2D eigenvalue weighted by atomic mass is 79.9. The van der Waals surface area contributed by atoms with Gasteiger partial charge in [-0.15, -0.1) is 0 Å². The number of aryl methyl sites for hydroxylation is 1. The van der Waals surface area contributed by atoms with Gasteiger partial charge in [0.05, 0.1) is 0 Å². The summed E-state index contributed by atoms with van der Waals surface area (Å²) in [4.78, 5) is 12.1. The van der Waals surface area contributed by atoms with E-state index in [-0.39, 0.29) is 11.6 Å². The van der Waals surface area contributed by atoms with Gasteiger partial charge in [0.1, 0.15) is 5.82 Å². The van der Waals surface area contributed by atoms with E-state index < -0.39 is 0 Å². The quantitative estimate of drug-likeness (QED) is 0.489. The fraction of sp³-hybridized carbons (Fsp3) is 0.0625. The largest absolute Gasteiger partial charge is 0.289 e. The minimum Gasteiger partial charge on any atom is -0.289 e. The van der Waals surface area contributed by atoms with Crippen LogP contribution in [0.4, 0.5) is 4.39 Å². The maximum Gasteiger partial charge on any atom is 0.186 e. The van der Waals surface area contributed by atoms with Gasteiger partial charge < -0.3 is 0 Å². The molecule has 102 valence electrons. The molecule has 0 atom stereocenters. The molecule has 1 nitrogen and oxygen atoms in total. The first kappa shape index (κ1) is 15.1. The van der Waals surface area contributed by atoms with Crippen molar-refractivity contribution in [2.45, 2.75) is 6.92 Å². The molecule has 0 aliphatic heterocycles. The fourth-order valence-corrected chi connectivity index (χ4v) is 2.88. The van der Waals surface area contributed by atoms with Crippen LogP contribution in [-0.4, -0.2) is 5.78 Å². The molecule has 2 aromatic carbocycles. The number of allylic oxidation sites excluding steroid dienone is 1. The van der Waals surface area contributed by atoms with Crippen molar-refractivity contribution < 1.29 is 9.18 Å². The lowest BCUT2D eigenvalue weighted by molar-refractivity contribution is 0.104. The van der Waals surface area contributed by atoms with E-state index in [2.05, 4.69) is 31.9 Å². The van der Waals surface area contributed by atoms with Crippen LogP contribution in [0.5, 0.6) is 0 Å². The highest BCUT2D eigenvalue weighted by molar-refractivity contribution is 9.10. The molecular weight excluding hydrogens is 387 g/mol. The minimum absolute atomic E-state index is 0.177. The standard InChI is InChI=1S/C16H11Br2FO/c1-10-2-3-11(14(17)8-10)4-7-16(20)13-6-5-12(19)9-15(13)18/h2-9H,1H3/b7-4+. The van der Waals surface area contributed by atoms with Crippen LogP contribution in [0.3, 0.4) is 0 Å². The molecule has 0 amide bonds. The van der Waals surface area contributed by atoms with Crippen molar-refractivity contribution in [1.29, 1.82) is 0 Å². The number of hydrogen-bond acceptors (Lipinski definition) is 1. The normalized spacial score (nSPS) is 11.0. The molecule has 0 radical (unpaired) electrons. The van der Waals surface area contributed by atoms with Crippen LogP contribution >= 0.6 is 31.9 Å². The molecular formula is C16H11Br2FO. The molecule has 0 bridgehead atoms. The number of ketones is 1. The summed E-state index contributed by atoms with van der Waals surface area (Å²) in [5, 5.41) is 0. The minimum atomic E-state index is -0.376. The number of rotatable bonds is 3. The van der Waals surface area contributed by atoms with Crippen LogP contribution < -0.4 is 0 Å². The second kappa shape index (κ2) is 6.46. The van der Waals surface area contributed by atoms with Gasteiger partial charge in [-0.3, -0.25) is 4.79 Å². The third-order valence-electron chi connectivity index (χ3n) is 2.77. The summed E-state index contributed by atoms with van der Waals surface area (Å²) in [6, 6.07) is 9.91. The van der Waals surface area contributed by atoms with Gasteiger partial charge in [-0.25, -0.2) is 4.39 Å². The molecule has 0 fully saturated rings. The van der Waals surface area contributed by atoms with E-state index in [0.717, 1.165) is 15.6 Å². The van der Waals surface area contributed by atoms with E-state index >= 15 is 0 Å². The molecule has 0 aliphatic rings. The third-order valence-corrected chi connectivity index (χ3v) is 4.11. The van der Waals surface area contributed by atoms with Crippen molar-refractivity contribution in [1.82, 2.24) is 0 Å². The summed E-state index contributed by atoms with van der Waals surface area (Å²) in [6.45, 7) is 2.00. The lowest BCUT2D eigenvalue weighted by Gasteiger charge is -2.02. The Morgan fingerprint density at radius 1 is 1.10 bits per heavy atom.